The van der Waals surface area contributed by atoms with E-state index in [2.05, 4.69) is 10.6 Å². The summed E-state index contributed by atoms with van der Waals surface area (Å²) in [5.74, 6) is 0.137. The van der Waals surface area contributed by atoms with Gasteiger partial charge in [0.25, 0.3) is 0 Å². The van der Waals surface area contributed by atoms with Crippen LogP contribution in [0.2, 0.25) is 5.02 Å². The summed E-state index contributed by atoms with van der Waals surface area (Å²) in [5, 5.41) is 6.27. The van der Waals surface area contributed by atoms with Crippen molar-refractivity contribution in [3.8, 4) is 0 Å². The summed E-state index contributed by atoms with van der Waals surface area (Å²) in [6, 6.07) is 5.19. The maximum absolute atomic E-state index is 13.7. The molecule has 3 atom stereocenters. The number of benzene rings is 1. The van der Waals surface area contributed by atoms with Crippen molar-refractivity contribution in [3.05, 3.63) is 34.6 Å². The fourth-order valence-electron chi connectivity index (χ4n) is 3.34. The number of hydrogen-bond donors (Lipinski definition) is 2. The maximum Gasteiger partial charge on any atom is 0.237 e. The second kappa shape index (κ2) is 5.70. The predicted octanol–water partition coefficient (Wildman–Crippen LogP) is 2.63. The van der Waals surface area contributed by atoms with Gasteiger partial charge in [-0.2, -0.15) is 0 Å². The lowest BCUT2D eigenvalue weighted by molar-refractivity contribution is -0.123. The Morgan fingerprint density at radius 3 is 3.10 bits per heavy atom. The summed E-state index contributed by atoms with van der Waals surface area (Å²) in [7, 11) is 0. The summed E-state index contributed by atoms with van der Waals surface area (Å²) in [4.78, 5) is 12.1. The van der Waals surface area contributed by atoms with Gasteiger partial charge in [0.05, 0.1) is 11.1 Å². The van der Waals surface area contributed by atoms with Crippen molar-refractivity contribution in [3.63, 3.8) is 0 Å². The lowest BCUT2D eigenvalue weighted by Crippen LogP contribution is -2.42. The van der Waals surface area contributed by atoms with Gasteiger partial charge in [-0.15, -0.1) is 0 Å². The molecule has 0 radical (unpaired) electrons. The molecule has 20 heavy (non-hydrogen) atoms. The molecule has 0 bridgehead atoms. The molecule has 0 aromatic heterocycles. The fourth-order valence-corrected chi connectivity index (χ4v) is 3.53. The Morgan fingerprint density at radius 2 is 2.30 bits per heavy atom. The van der Waals surface area contributed by atoms with Crippen LogP contribution in [0.4, 0.5) is 4.39 Å². The topological polar surface area (TPSA) is 41.1 Å². The van der Waals surface area contributed by atoms with E-state index in [0.717, 1.165) is 12.8 Å². The molecule has 3 rings (SSSR count). The monoisotopic (exact) mass is 296 g/mol. The predicted molar refractivity (Wildman–Crippen MR) is 75.9 cm³/mol. The number of rotatable bonds is 3. The number of hydrogen-bond acceptors (Lipinski definition) is 2. The van der Waals surface area contributed by atoms with Crippen LogP contribution in [0, 0.1) is 11.7 Å². The average Bonchev–Trinajstić information content (AvgIpc) is 3.01. The molecule has 1 saturated carbocycles. The van der Waals surface area contributed by atoms with Crippen LogP contribution in [-0.4, -0.2) is 18.0 Å². The van der Waals surface area contributed by atoms with Crippen LogP contribution < -0.4 is 10.6 Å². The van der Waals surface area contributed by atoms with Gasteiger partial charge in [-0.25, -0.2) is 4.39 Å². The van der Waals surface area contributed by atoms with Crippen LogP contribution in [0.3, 0.4) is 0 Å². The molecular formula is C15H18ClFN2O. The van der Waals surface area contributed by atoms with Crippen molar-refractivity contribution < 1.29 is 9.18 Å². The molecule has 2 N–H and O–H groups in total. The van der Waals surface area contributed by atoms with E-state index in [1.807, 2.05) is 0 Å². The first-order valence-electron chi connectivity index (χ1n) is 7.12. The summed E-state index contributed by atoms with van der Waals surface area (Å²) >= 11 is 5.72. The third-order valence-electron chi connectivity index (χ3n) is 4.41. The van der Waals surface area contributed by atoms with Gasteiger partial charge in [0.15, 0.2) is 0 Å². The highest BCUT2D eigenvalue weighted by atomic mass is 35.5. The second-order valence-corrected chi connectivity index (χ2v) is 6.09. The molecule has 5 heteroatoms. The molecule has 3 nitrogen and oxygen atoms in total. The van der Waals surface area contributed by atoms with E-state index in [1.54, 1.807) is 12.1 Å². The third-order valence-corrected chi connectivity index (χ3v) is 4.71. The SMILES string of the molecule is O=C(NCc1cccc(Cl)c1F)[C@@H]1C[C@@H]2CCC[C@@H]2N1. The standard InChI is InChI=1S/C15H18ClFN2O/c16-11-5-1-4-10(14(11)17)8-18-15(20)13-7-9-3-2-6-12(9)19-13/h1,4-5,9,12-13,19H,2-3,6-8H2,(H,18,20)/t9-,12-,13-/m0/s1. The molecule has 1 saturated heterocycles. The van der Waals surface area contributed by atoms with E-state index in [-0.39, 0.29) is 23.5 Å². The molecule has 0 spiro atoms. The Bertz CT molecular complexity index is 511. The Hall–Kier alpha value is -1.13. The highest BCUT2D eigenvalue weighted by molar-refractivity contribution is 6.30. The lowest BCUT2D eigenvalue weighted by Gasteiger charge is -2.13. The van der Waals surface area contributed by atoms with Gasteiger partial charge in [0.2, 0.25) is 5.91 Å². The smallest absolute Gasteiger partial charge is 0.237 e. The van der Waals surface area contributed by atoms with Crippen LogP contribution in [0.25, 0.3) is 0 Å². The molecule has 1 amide bonds. The zero-order chi connectivity index (χ0) is 14.1. The molecule has 2 aliphatic rings. The van der Waals surface area contributed by atoms with E-state index in [1.165, 1.54) is 18.9 Å². The van der Waals surface area contributed by atoms with Crippen molar-refractivity contribution in [2.45, 2.75) is 44.3 Å². The first-order chi connectivity index (χ1) is 9.65. The summed E-state index contributed by atoms with van der Waals surface area (Å²) in [5.41, 5.74) is 0.420. The zero-order valence-corrected chi connectivity index (χ0v) is 11.9. The minimum absolute atomic E-state index is 0.0428. The van der Waals surface area contributed by atoms with E-state index in [4.69, 9.17) is 11.6 Å². The Kier molecular flexibility index (Phi) is 3.94. The highest BCUT2D eigenvalue weighted by Gasteiger charge is 2.39. The summed E-state index contributed by atoms with van der Waals surface area (Å²) in [6.45, 7) is 0.179. The Labute approximate surface area is 122 Å². The minimum Gasteiger partial charge on any atom is -0.351 e. The number of halogens is 2. The highest BCUT2D eigenvalue weighted by Crippen LogP contribution is 2.34. The molecule has 2 fully saturated rings. The van der Waals surface area contributed by atoms with Crippen LogP contribution in [0.15, 0.2) is 18.2 Å². The number of carbonyl (C=O) groups is 1. The summed E-state index contributed by atoms with van der Waals surface area (Å²) in [6.07, 6.45) is 4.53. The van der Waals surface area contributed by atoms with Crippen molar-refractivity contribution in [2.75, 3.05) is 0 Å². The Morgan fingerprint density at radius 1 is 1.45 bits per heavy atom. The molecule has 1 aliphatic heterocycles. The molecule has 1 aliphatic carbocycles. The largest absolute Gasteiger partial charge is 0.351 e. The molecule has 1 heterocycles. The van der Waals surface area contributed by atoms with Crippen molar-refractivity contribution in [1.29, 1.82) is 0 Å². The van der Waals surface area contributed by atoms with Gasteiger partial charge in [-0.1, -0.05) is 30.2 Å². The fraction of sp³-hybridized carbons (Fsp3) is 0.533. The molecule has 108 valence electrons. The third kappa shape index (κ3) is 2.67. The first-order valence-corrected chi connectivity index (χ1v) is 7.49. The van der Waals surface area contributed by atoms with Crippen molar-refractivity contribution >= 4 is 17.5 Å². The molecule has 1 aromatic rings. The van der Waals surface area contributed by atoms with Gasteiger partial charge < -0.3 is 10.6 Å². The van der Waals surface area contributed by atoms with Crippen LogP contribution in [0.1, 0.15) is 31.2 Å². The average molecular weight is 297 g/mol. The van der Waals surface area contributed by atoms with E-state index < -0.39 is 5.82 Å². The number of nitrogens with one attached hydrogen (secondary N) is 2. The van der Waals surface area contributed by atoms with E-state index >= 15 is 0 Å². The molecule has 0 unspecified atom stereocenters. The first kappa shape index (κ1) is 13.8. The van der Waals surface area contributed by atoms with Crippen LogP contribution in [0.5, 0.6) is 0 Å². The number of carbonyl (C=O) groups excluding carboxylic acids is 1. The lowest BCUT2D eigenvalue weighted by atomic mass is 10.0. The zero-order valence-electron chi connectivity index (χ0n) is 11.2. The number of fused-ring (bicyclic) bond motifs is 1. The van der Waals surface area contributed by atoms with Crippen molar-refractivity contribution in [2.24, 2.45) is 5.92 Å². The molecule has 1 aromatic carbocycles. The van der Waals surface area contributed by atoms with Crippen LogP contribution >= 0.6 is 11.6 Å². The second-order valence-electron chi connectivity index (χ2n) is 5.68. The molecular weight excluding hydrogens is 279 g/mol. The van der Waals surface area contributed by atoms with E-state index in [0.29, 0.717) is 17.5 Å². The Balaban J connectivity index is 1.56. The van der Waals surface area contributed by atoms with Gasteiger partial charge >= 0.3 is 0 Å². The normalized spacial score (nSPS) is 28.4. The van der Waals surface area contributed by atoms with Gasteiger partial charge in [-0.05, 0) is 31.2 Å². The van der Waals surface area contributed by atoms with Gasteiger partial charge in [-0.3, -0.25) is 4.79 Å². The van der Waals surface area contributed by atoms with Crippen molar-refractivity contribution in [1.82, 2.24) is 10.6 Å². The maximum atomic E-state index is 13.7. The van der Waals surface area contributed by atoms with E-state index in [9.17, 15) is 9.18 Å². The quantitative estimate of drug-likeness (QED) is 0.900. The van der Waals surface area contributed by atoms with Gasteiger partial charge in [0.1, 0.15) is 5.82 Å². The minimum atomic E-state index is -0.453. The van der Waals surface area contributed by atoms with Crippen LogP contribution in [-0.2, 0) is 11.3 Å². The number of amides is 1. The van der Waals surface area contributed by atoms with Gasteiger partial charge in [0, 0.05) is 18.2 Å². The summed E-state index contributed by atoms with van der Waals surface area (Å²) < 4.78 is 13.7.